The summed E-state index contributed by atoms with van der Waals surface area (Å²) in [6, 6.07) is 4.28. The summed E-state index contributed by atoms with van der Waals surface area (Å²) in [6.45, 7) is 9.27. The zero-order chi connectivity index (χ0) is 16.8. The Kier molecular flexibility index (Phi) is 6.20. The highest BCUT2D eigenvalue weighted by molar-refractivity contribution is 6.00. The Labute approximate surface area is 140 Å². The maximum absolute atomic E-state index is 5.69. The van der Waals surface area contributed by atoms with Crippen LogP contribution in [0.15, 0.2) is 22.3 Å². The number of oxime groups is 1. The van der Waals surface area contributed by atoms with Crippen LogP contribution >= 0.6 is 0 Å². The van der Waals surface area contributed by atoms with Crippen LogP contribution in [0.2, 0.25) is 0 Å². The van der Waals surface area contributed by atoms with Gasteiger partial charge < -0.3 is 9.74 Å². The first-order valence-electron chi connectivity index (χ1n) is 8.57. The third-order valence-electron chi connectivity index (χ3n) is 4.47. The molecule has 0 amide bonds. The third-order valence-corrected chi connectivity index (χ3v) is 4.47. The minimum atomic E-state index is 0.305. The molecule has 0 N–H and O–H groups in total. The van der Waals surface area contributed by atoms with Crippen molar-refractivity contribution in [2.45, 2.75) is 59.5 Å². The van der Waals surface area contributed by atoms with Crippen LogP contribution in [-0.2, 0) is 4.84 Å². The molecule has 4 nitrogen and oxygen atoms in total. The van der Waals surface area contributed by atoms with Gasteiger partial charge in [0.05, 0.1) is 17.7 Å². The van der Waals surface area contributed by atoms with Crippen LogP contribution in [-0.4, -0.2) is 36.6 Å². The fraction of sp³-hybridized carbons (Fsp3) is 0.579. The van der Waals surface area contributed by atoms with E-state index in [1.54, 1.807) is 0 Å². The maximum atomic E-state index is 5.69. The van der Waals surface area contributed by atoms with Crippen LogP contribution in [0.3, 0.4) is 0 Å². The predicted molar refractivity (Wildman–Crippen MR) is 97.9 cm³/mol. The first-order valence-corrected chi connectivity index (χ1v) is 8.57. The highest BCUT2D eigenvalue weighted by Crippen LogP contribution is 2.25. The Balaban J connectivity index is 2.14. The normalized spacial score (nSPS) is 16.3. The molecule has 0 radical (unpaired) electrons. The lowest BCUT2D eigenvalue weighted by atomic mass is 10.0. The molecule has 0 atom stereocenters. The molecule has 0 saturated heterocycles. The lowest BCUT2D eigenvalue weighted by Crippen LogP contribution is -2.14. The molecule has 0 heterocycles. The van der Waals surface area contributed by atoms with E-state index in [1.807, 2.05) is 20.3 Å². The van der Waals surface area contributed by atoms with Gasteiger partial charge in [-0.25, -0.2) is 4.99 Å². The number of hydrogen-bond acceptors (Lipinski definition) is 3. The minimum absolute atomic E-state index is 0.305. The topological polar surface area (TPSA) is 37.2 Å². The second-order valence-corrected chi connectivity index (χ2v) is 6.46. The van der Waals surface area contributed by atoms with E-state index in [4.69, 9.17) is 4.84 Å². The van der Waals surface area contributed by atoms with Crippen LogP contribution in [0.1, 0.15) is 56.2 Å². The van der Waals surface area contributed by atoms with Crippen molar-refractivity contribution in [3.8, 4) is 0 Å². The molecule has 0 bridgehead atoms. The first kappa shape index (κ1) is 17.5. The number of rotatable bonds is 6. The van der Waals surface area contributed by atoms with E-state index in [0.717, 1.165) is 41.9 Å². The lowest BCUT2D eigenvalue weighted by molar-refractivity contribution is 0.0645. The molecule has 0 aliphatic heterocycles. The number of aryl methyl sites for hydroxylation is 2. The molecule has 1 aromatic carbocycles. The summed E-state index contributed by atoms with van der Waals surface area (Å²) in [4.78, 5) is 12.3. The SMILES string of the molecule is CCN(C)C=Nc1cc(C)c(C(C)=NOC2CCCC2)cc1C. The number of benzene rings is 1. The number of nitrogens with zero attached hydrogens (tertiary/aromatic N) is 3. The Hall–Kier alpha value is -1.84. The van der Waals surface area contributed by atoms with Crippen molar-refractivity contribution < 1.29 is 4.84 Å². The molecule has 0 unspecified atom stereocenters. The van der Waals surface area contributed by atoms with E-state index in [1.165, 1.54) is 18.4 Å². The van der Waals surface area contributed by atoms with Gasteiger partial charge in [-0.05, 0) is 76.6 Å². The molecule has 0 aromatic heterocycles. The molecular formula is C19H29N3O. The van der Waals surface area contributed by atoms with E-state index in [9.17, 15) is 0 Å². The zero-order valence-corrected chi connectivity index (χ0v) is 15.1. The van der Waals surface area contributed by atoms with Crippen molar-refractivity contribution in [2.75, 3.05) is 13.6 Å². The Bertz CT molecular complexity index is 587. The zero-order valence-electron chi connectivity index (χ0n) is 15.1. The summed E-state index contributed by atoms with van der Waals surface area (Å²) in [7, 11) is 2.03. The maximum Gasteiger partial charge on any atom is 0.127 e. The largest absolute Gasteiger partial charge is 0.392 e. The van der Waals surface area contributed by atoms with Crippen LogP contribution < -0.4 is 0 Å². The Morgan fingerprint density at radius 3 is 2.61 bits per heavy atom. The van der Waals surface area contributed by atoms with Crippen molar-refractivity contribution in [3.63, 3.8) is 0 Å². The first-order chi connectivity index (χ1) is 11.0. The minimum Gasteiger partial charge on any atom is -0.392 e. The molecule has 1 saturated carbocycles. The van der Waals surface area contributed by atoms with Gasteiger partial charge in [0.2, 0.25) is 0 Å². The van der Waals surface area contributed by atoms with E-state index < -0.39 is 0 Å². The lowest BCUT2D eigenvalue weighted by Gasteiger charge is -2.12. The highest BCUT2D eigenvalue weighted by atomic mass is 16.6. The molecule has 2 rings (SSSR count). The van der Waals surface area contributed by atoms with Crippen molar-refractivity contribution in [2.24, 2.45) is 10.1 Å². The number of hydrogen-bond donors (Lipinski definition) is 0. The summed E-state index contributed by atoms with van der Waals surface area (Å²) in [6.07, 6.45) is 6.97. The summed E-state index contributed by atoms with van der Waals surface area (Å²) in [5.41, 5.74) is 5.43. The summed E-state index contributed by atoms with van der Waals surface area (Å²) >= 11 is 0. The highest BCUT2D eigenvalue weighted by Gasteiger charge is 2.16. The molecule has 23 heavy (non-hydrogen) atoms. The standard InChI is InChI=1S/C19H29N3O/c1-6-22(5)13-20-19-12-14(2)18(11-15(19)3)16(4)21-23-17-9-7-8-10-17/h11-13,17H,6-10H2,1-5H3. The summed E-state index contributed by atoms with van der Waals surface area (Å²) in [5.74, 6) is 0. The molecule has 1 fully saturated rings. The summed E-state index contributed by atoms with van der Waals surface area (Å²) in [5, 5.41) is 4.37. The van der Waals surface area contributed by atoms with E-state index >= 15 is 0 Å². The average Bonchev–Trinajstić information content (AvgIpc) is 3.06. The van der Waals surface area contributed by atoms with Crippen LogP contribution in [0.4, 0.5) is 5.69 Å². The Morgan fingerprint density at radius 1 is 1.26 bits per heavy atom. The van der Waals surface area contributed by atoms with E-state index in [-0.39, 0.29) is 0 Å². The average molecular weight is 315 g/mol. The monoisotopic (exact) mass is 315 g/mol. The van der Waals surface area contributed by atoms with Crippen molar-refractivity contribution >= 4 is 17.7 Å². The van der Waals surface area contributed by atoms with Gasteiger partial charge >= 0.3 is 0 Å². The smallest absolute Gasteiger partial charge is 0.127 e. The van der Waals surface area contributed by atoms with Gasteiger partial charge in [0.15, 0.2) is 0 Å². The van der Waals surface area contributed by atoms with Crippen LogP contribution in [0, 0.1) is 13.8 Å². The van der Waals surface area contributed by atoms with Gasteiger partial charge in [-0.2, -0.15) is 0 Å². The quantitative estimate of drug-likeness (QED) is 0.437. The van der Waals surface area contributed by atoms with Gasteiger partial charge in [-0.15, -0.1) is 0 Å². The van der Waals surface area contributed by atoms with Crippen molar-refractivity contribution in [1.82, 2.24) is 4.90 Å². The molecule has 1 aromatic rings. The summed E-state index contributed by atoms with van der Waals surface area (Å²) < 4.78 is 0. The predicted octanol–water partition coefficient (Wildman–Crippen LogP) is 4.60. The van der Waals surface area contributed by atoms with Crippen molar-refractivity contribution in [1.29, 1.82) is 0 Å². The van der Waals surface area contributed by atoms with E-state index in [0.29, 0.717) is 6.10 Å². The van der Waals surface area contributed by atoms with Gasteiger partial charge in [0, 0.05) is 19.2 Å². The fourth-order valence-corrected chi connectivity index (χ4v) is 2.77. The van der Waals surface area contributed by atoms with E-state index in [2.05, 4.69) is 48.0 Å². The molecule has 4 heteroatoms. The van der Waals surface area contributed by atoms with Gasteiger partial charge in [-0.3, -0.25) is 0 Å². The molecule has 1 aliphatic rings. The number of aliphatic imine (C=N–C) groups is 1. The second-order valence-electron chi connectivity index (χ2n) is 6.46. The van der Waals surface area contributed by atoms with Gasteiger partial charge in [0.25, 0.3) is 0 Å². The van der Waals surface area contributed by atoms with Crippen LogP contribution in [0.5, 0.6) is 0 Å². The molecular weight excluding hydrogens is 286 g/mol. The van der Waals surface area contributed by atoms with Gasteiger partial charge in [0.1, 0.15) is 6.10 Å². The molecule has 0 spiro atoms. The van der Waals surface area contributed by atoms with Gasteiger partial charge in [-0.1, -0.05) is 5.16 Å². The van der Waals surface area contributed by atoms with Crippen LogP contribution in [0.25, 0.3) is 0 Å². The van der Waals surface area contributed by atoms with Crippen molar-refractivity contribution in [3.05, 3.63) is 28.8 Å². The second kappa shape index (κ2) is 8.14. The molecule has 126 valence electrons. The third kappa shape index (κ3) is 4.81. The Morgan fingerprint density at radius 2 is 1.96 bits per heavy atom. The molecule has 1 aliphatic carbocycles. The fourth-order valence-electron chi connectivity index (χ4n) is 2.77.